The second-order valence-corrected chi connectivity index (χ2v) is 6.24. The highest BCUT2D eigenvalue weighted by Gasteiger charge is 2.24. The Hall–Kier alpha value is -2.40. The van der Waals surface area contributed by atoms with Gasteiger partial charge in [0.05, 0.1) is 11.4 Å². The van der Waals surface area contributed by atoms with E-state index >= 15 is 0 Å². The summed E-state index contributed by atoms with van der Waals surface area (Å²) in [4.78, 5) is 13.8. The summed E-state index contributed by atoms with van der Waals surface area (Å²) >= 11 is 5.57. The fourth-order valence-corrected chi connectivity index (χ4v) is 3.23. The highest BCUT2D eigenvalue weighted by Crippen LogP contribution is 2.30. The topological polar surface area (TPSA) is 44.4 Å². The van der Waals surface area contributed by atoms with Crippen LogP contribution in [-0.4, -0.2) is 17.6 Å². The van der Waals surface area contributed by atoms with Crippen molar-refractivity contribution in [3.05, 3.63) is 53.1 Å². The van der Waals surface area contributed by atoms with Gasteiger partial charge in [-0.3, -0.25) is 4.79 Å². The van der Waals surface area contributed by atoms with Crippen LogP contribution in [0.1, 0.15) is 16.7 Å². The predicted molar refractivity (Wildman–Crippen MR) is 99.3 cm³/mol. The zero-order valence-electron chi connectivity index (χ0n) is 13.4. The molecule has 1 amide bonds. The molecule has 0 aliphatic carbocycles. The Bertz CT molecular complexity index is 778. The number of anilines is 3. The number of rotatable bonds is 1. The van der Waals surface area contributed by atoms with Gasteiger partial charge in [0, 0.05) is 5.69 Å². The van der Waals surface area contributed by atoms with Crippen molar-refractivity contribution < 1.29 is 4.79 Å². The SMILES string of the molecule is Cc1cc(C)c(NC(=S)N2CC(=O)Nc3ccccc32)c(C)c1. The van der Waals surface area contributed by atoms with E-state index < -0.39 is 0 Å². The van der Waals surface area contributed by atoms with Crippen LogP contribution in [0.25, 0.3) is 0 Å². The van der Waals surface area contributed by atoms with E-state index in [4.69, 9.17) is 12.2 Å². The molecule has 0 radical (unpaired) electrons. The van der Waals surface area contributed by atoms with Gasteiger partial charge in [-0.15, -0.1) is 0 Å². The number of thiocarbonyl (C=S) groups is 1. The molecule has 0 saturated heterocycles. The van der Waals surface area contributed by atoms with Gasteiger partial charge >= 0.3 is 0 Å². The number of aryl methyl sites for hydroxylation is 3. The van der Waals surface area contributed by atoms with Crippen LogP contribution in [0, 0.1) is 20.8 Å². The van der Waals surface area contributed by atoms with Crippen LogP contribution in [0.5, 0.6) is 0 Å². The molecule has 2 N–H and O–H groups in total. The number of benzene rings is 2. The lowest BCUT2D eigenvalue weighted by Gasteiger charge is -2.31. The molecule has 2 aromatic carbocycles. The Morgan fingerprint density at radius 2 is 1.83 bits per heavy atom. The van der Waals surface area contributed by atoms with E-state index in [1.807, 2.05) is 29.2 Å². The fraction of sp³-hybridized carbons (Fsp3) is 0.222. The molecular weight excluding hydrogens is 306 g/mol. The van der Waals surface area contributed by atoms with Crippen LogP contribution in [-0.2, 0) is 4.79 Å². The van der Waals surface area contributed by atoms with Crippen LogP contribution in [0.4, 0.5) is 17.1 Å². The number of hydrogen-bond donors (Lipinski definition) is 2. The van der Waals surface area contributed by atoms with E-state index in [9.17, 15) is 4.79 Å². The summed E-state index contributed by atoms with van der Waals surface area (Å²) in [6.07, 6.45) is 0. The first-order valence-corrected chi connectivity index (χ1v) is 7.92. The first kappa shape index (κ1) is 15.5. The highest BCUT2D eigenvalue weighted by atomic mass is 32.1. The summed E-state index contributed by atoms with van der Waals surface area (Å²) in [5.74, 6) is -0.0646. The third-order valence-corrected chi connectivity index (χ3v) is 4.25. The molecule has 5 heteroatoms. The van der Waals surface area contributed by atoms with Crippen LogP contribution < -0.4 is 15.5 Å². The molecular formula is C18H19N3OS. The number of hydrogen-bond acceptors (Lipinski definition) is 2. The van der Waals surface area contributed by atoms with Gasteiger partial charge in [0.25, 0.3) is 0 Å². The number of carbonyl (C=O) groups is 1. The van der Waals surface area contributed by atoms with Gasteiger partial charge in [-0.2, -0.15) is 0 Å². The van der Waals surface area contributed by atoms with E-state index in [2.05, 4.69) is 43.5 Å². The highest BCUT2D eigenvalue weighted by molar-refractivity contribution is 7.80. The van der Waals surface area contributed by atoms with E-state index in [1.54, 1.807) is 0 Å². The summed E-state index contributed by atoms with van der Waals surface area (Å²) in [5.41, 5.74) is 6.19. The van der Waals surface area contributed by atoms with E-state index in [0.717, 1.165) is 28.2 Å². The lowest BCUT2D eigenvalue weighted by Crippen LogP contribution is -2.44. The quantitative estimate of drug-likeness (QED) is 0.784. The molecule has 1 heterocycles. The Morgan fingerprint density at radius 3 is 2.52 bits per heavy atom. The minimum absolute atomic E-state index is 0.0646. The minimum Gasteiger partial charge on any atom is -0.332 e. The van der Waals surface area contributed by atoms with Crippen LogP contribution in [0.2, 0.25) is 0 Å². The first-order valence-electron chi connectivity index (χ1n) is 7.51. The normalized spacial score (nSPS) is 13.3. The number of para-hydroxylation sites is 2. The lowest BCUT2D eigenvalue weighted by molar-refractivity contribution is -0.115. The van der Waals surface area contributed by atoms with Gasteiger partial charge in [0.2, 0.25) is 5.91 Å². The summed E-state index contributed by atoms with van der Waals surface area (Å²) < 4.78 is 0. The summed E-state index contributed by atoms with van der Waals surface area (Å²) in [7, 11) is 0. The maximum Gasteiger partial charge on any atom is 0.244 e. The Balaban J connectivity index is 1.92. The van der Waals surface area contributed by atoms with Crippen molar-refractivity contribution in [2.24, 2.45) is 0 Å². The molecule has 0 atom stereocenters. The second kappa shape index (κ2) is 6.01. The second-order valence-electron chi connectivity index (χ2n) is 5.86. The molecule has 118 valence electrons. The zero-order valence-corrected chi connectivity index (χ0v) is 14.3. The van der Waals surface area contributed by atoms with Gasteiger partial charge in [0.15, 0.2) is 5.11 Å². The maximum atomic E-state index is 11.9. The van der Waals surface area contributed by atoms with Crippen molar-refractivity contribution in [1.82, 2.24) is 0 Å². The largest absolute Gasteiger partial charge is 0.332 e. The van der Waals surface area contributed by atoms with Gasteiger partial charge in [-0.25, -0.2) is 0 Å². The Morgan fingerprint density at radius 1 is 1.17 bits per heavy atom. The number of fused-ring (bicyclic) bond motifs is 1. The predicted octanol–water partition coefficient (Wildman–Crippen LogP) is 3.77. The molecule has 0 saturated carbocycles. The standard InChI is InChI=1S/C18H19N3OS/c1-11-8-12(2)17(13(3)9-11)20-18(23)21-10-16(22)19-14-6-4-5-7-15(14)21/h4-9H,10H2,1-3H3,(H,19,22)(H,20,23). The molecule has 2 aromatic rings. The van der Waals surface area contributed by atoms with Crippen molar-refractivity contribution in [3.63, 3.8) is 0 Å². The molecule has 1 aliphatic rings. The third kappa shape index (κ3) is 3.05. The molecule has 1 aliphatic heterocycles. The number of carbonyl (C=O) groups excluding carboxylic acids is 1. The summed E-state index contributed by atoms with van der Waals surface area (Å²) in [6.45, 7) is 6.41. The van der Waals surface area contributed by atoms with Crippen molar-refractivity contribution in [2.75, 3.05) is 22.1 Å². The molecule has 0 aromatic heterocycles. The summed E-state index contributed by atoms with van der Waals surface area (Å²) in [5, 5.41) is 6.71. The van der Waals surface area contributed by atoms with Gasteiger partial charge < -0.3 is 15.5 Å². The molecule has 0 spiro atoms. The van der Waals surface area contributed by atoms with Gasteiger partial charge in [0.1, 0.15) is 6.54 Å². The monoisotopic (exact) mass is 325 g/mol. The smallest absolute Gasteiger partial charge is 0.244 e. The third-order valence-electron chi connectivity index (χ3n) is 3.92. The average Bonchev–Trinajstić information content (AvgIpc) is 2.49. The number of amides is 1. The maximum absolute atomic E-state index is 11.9. The van der Waals surface area contributed by atoms with Gasteiger partial charge in [-0.1, -0.05) is 29.8 Å². The van der Waals surface area contributed by atoms with Crippen LogP contribution in [0.3, 0.4) is 0 Å². The summed E-state index contributed by atoms with van der Waals surface area (Å²) in [6, 6.07) is 11.9. The average molecular weight is 325 g/mol. The molecule has 3 rings (SSSR count). The van der Waals surface area contributed by atoms with Crippen molar-refractivity contribution >= 4 is 40.3 Å². The Labute approximate surface area is 141 Å². The van der Waals surface area contributed by atoms with E-state index in [0.29, 0.717) is 5.11 Å². The van der Waals surface area contributed by atoms with Crippen molar-refractivity contribution in [3.8, 4) is 0 Å². The Kier molecular flexibility index (Phi) is 4.05. The van der Waals surface area contributed by atoms with Gasteiger partial charge in [-0.05, 0) is 56.2 Å². The van der Waals surface area contributed by atoms with Crippen LogP contribution >= 0.6 is 12.2 Å². The number of nitrogens with zero attached hydrogens (tertiary/aromatic N) is 1. The molecule has 0 unspecified atom stereocenters. The molecule has 0 fully saturated rings. The van der Waals surface area contributed by atoms with Crippen LogP contribution in [0.15, 0.2) is 36.4 Å². The van der Waals surface area contributed by atoms with E-state index in [-0.39, 0.29) is 12.5 Å². The van der Waals surface area contributed by atoms with E-state index in [1.165, 1.54) is 5.56 Å². The minimum atomic E-state index is -0.0646. The van der Waals surface area contributed by atoms with Crippen molar-refractivity contribution in [2.45, 2.75) is 20.8 Å². The number of nitrogens with one attached hydrogen (secondary N) is 2. The van der Waals surface area contributed by atoms with Crippen molar-refractivity contribution in [1.29, 1.82) is 0 Å². The zero-order chi connectivity index (χ0) is 16.6. The fourth-order valence-electron chi connectivity index (χ4n) is 2.97. The molecule has 4 nitrogen and oxygen atoms in total. The molecule has 23 heavy (non-hydrogen) atoms. The lowest BCUT2D eigenvalue weighted by atomic mass is 10.1. The molecule has 0 bridgehead atoms. The first-order chi connectivity index (χ1) is 11.0.